The summed E-state index contributed by atoms with van der Waals surface area (Å²) in [6, 6.07) is 20.6. The molecule has 0 aromatic heterocycles. The molecule has 23 heavy (non-hydrogen) atoms. The minimum Gasteiger partial charge on any atom is -0.481 e. The molecule has 0 aliphatic carbocycles. The number of nitrogens with one attached hydrogen (secondary N) is 2. The van der Waals surface area contributed by atoms with Crippen LogP contribution in [0.25, 0.3) is 10.8 Å². The maximum absolute atomic E-state index is 5.42. The lowest BCUT2D eigenvalue weighted by Gasteiger charge is -2.29. The van der Waals surface area contributed by atoms with Gasteiger partial charge in [0.1, 0.15) is 18.5 Å². The average molecular weight is 300 g/mol. The Labute approximate surface area is 135 Å². The first kappa shape index (κ1) is 13.5. The Hall–Kier alpha value is -3.12. The van der Waals surface area contributed by atoms with Crippen LogP contribution >= 0.6 is 0 Å². The molecule has 0 fully saturated rings. The van der Waals surface area contributed by atoms with E-state index in [2.05, 4.69) is 53.0 Å². The SMILES string of the molecule is C#CCOc1ccc(C2Nc3cccc4cccc(c34)N2)cc1. The summed E-state index contributed by atoms with van der Waals surface area (Å²) in [5.74, 6) is 3.25. The van der Waals surface area contributed by atoms with E-state index >= 15 is 0 Å². The number of hydrogen-bond donors (Lipinski definition) is 2. The molecule has 2 N–H and O–H groups in total. The van der Waals surface area contributed by atoms with E-state index in [1.807, 2.05) is 24.3 Å². The first-order valence-corrected chi connectivity index (χ1v) is 7.56. The van der Waals surface area contributed by atoms with Gasteiger partial charge in [-0.3, -0.25) is 0 Å². The number of benzene rings is 3. The Kier molecular flexibility index (Phi) is 3.29. The molecule has 0 saturated heterocycles. The van der Waals surface area contributed by atoms with Crippen LogP contribution in [0.3, 0.4) is 0 Å². The standard InChI is InChI=1S/C20H16N2O/c1-2-13-23-16-11-9-15(10-12-16)20-21-17-7-3-5-14-6-4-8-18(22-20)19(14)17/h1,3-12,20-22H,13H2. The van der Waals surface area contributed by atoms with Crippen molar-refractivity contribution in [2.24, 2.45) is 0 Å². The zero-order valence-electron chi connectivity index (χ0n) is 12.5. The van der Waals surface area contributed by atoms with Gasteiger partial charge in [-0.15, -0.1) is 6.42 Å². The van der Waals surface area contributed by atoms with Gasteiger partial charge in [-0.25, -0.2) is 0 Å². The number of anilines is 2. The Morgan fingerprint density at radius 1 is 0.913 bits per heavy atom. The van der Waals surface area contributed by atoms with Gasteiger partial charge in [-0.1, -0.05) is 42.3 Å². The third kappa shape index (κ3) is 2.45. The summed E-state index contributed by atoms with van der Waals surface area (Å²) in [7, 11) is 0. The molecule has 0 saturated carbocycles. The summed E-state index contributed by atoms with van der Waals surface area (Å²) in [6.45, 7) is 0.286. The average Bonchev–Trinajstić information content (AvgIpc) is 2.61. The Morgan fingerprint density at radius 3 is 2.17 bits per heavy atom. The molecule has 3 aromatic carbocycles. The van der Waals surface area contributed by atoms with E-state index in [9.17, 15) is 0 Å². The van der Waals surface area contributed by atoms with Crippen LogP contribution in [0, 0.1) is 12.3 Å². The lowest BCUT2D eigenvalue weighted by atomic mass is 10.0. The topological polar surface area (TPSA) is 33.3 Å². The number of rotatable bonds is 3. The quantitative estimate of drug-likeness (QED) is 0.704. The monoisotopic (exact) mass is 300 g/mol. The Morgan fingerprint density at radius 2 is 1.57 bits per heavy atom. The fourth-order valence-corrected chi connectivity index (χ4v) is 2.98. The zero-order chi connectivity index (χ0) is 15.6. The molecule has 0 radical (unpaired) electrons. The van der Waals surface area contributed by atoms with Crippen LogP contribution in [0.1, 0.15) is 11.7 Å². The van der Waals surface area contributed by atoms with Gasteiger partial charge in [-0.2, -0.15) is 0 Å². The minimum absolute atomic E-state index is 0.0252. The molecule has 1 aliphatic heterocycles. The van der Waals surface area contributed by atoms with E-state index < -0.39 is 0 Å². The highest BCUT2D eigenvalue weighted by atomic mass is 16.5. The summed E-state index contributed by atoms with van der Waals surface area (Å²) < 4.78 is 5.42. The van der Waals surface area contributed by atoms with Crippen LogP contribution in [-0.4, -0.2) is 6.61 Å². The van der Waals surface area contributed by atoms with Crippen molar-refractivity contribution < 1.29 is 4.74 Å². The Bertz CT molecular complexity index is 853. The van der Waals surface area contributed by atoms with Gasteiger partial charge in [0.25, 0.3) is 0 Å². The lowest BCUT2D eigenvalue weighted by Crippen LogP contribution is -2.23. The smallest absolute Gasteiger partial charge is 0.148 e. The van der Waals surface area contributed by atoms with Crippen molar-refractivity contribution in [3.8, 4) is 18.1 Å². The van der Waals surface area contributed by atoms with Gasteiger partial charge in [0.15, 0.2) is 0 Å². The van der Waals surface area contributed by atoms with Crippen LogP contribution in [0.15, 0.2) is 60.7 Å². The van der Waals surface area contributed by atoms with E-state index in [1.165, 1.54) is 10.8 Å². The van der Waals surface area contributed by atoms with Crippen LogP contribution in [0.4, 0.5) is 11.4 Å². The highest BCUT2D eigenvalue weighted by Gasteiger charge is 2.19. The van der Waals surface area contributed by atoms with Gasteiger partial charge in [0, 0.05) is 16.8 Å². The summed E-state index contributed by atoms with van der Waals surface area (Å²) in [5, 5.41) is 9.58. The van der Waals surface area contributed by atoms with Crippen molar-refractivity contribution in [1.82, 2.24) is 0 Å². The van der Waals surface area contributed by atoms with Crippen LogP contribution < -0.4 is 15.4 Å². The van der Waals surface area contributed by atoms with E-state index in [0.29, 0.717) is 0 Å². The highest BCUT2D eigenvalue weighted by Crippen LogP contribution is 2.38. The molecule has 0 spiro atoms. The second-order valence-corrected chi connectivity index (χ2v) is 5.49. The van der Waals surface area contributed by atoms with Gasteiger partial charge < -0.3 is 15.4 Å². The summed E-state index contributed by atoms with van der Waals surface area (Å²) >= 11 is 0. The first-order valence-electron chi connectivity index (χ1n) is 7.56. The predicted octanol–water partition coefficient (Wildman–Crippen LogP) is 4.39. The zero-order valence-corrected chi connectivity index (χ0v) is 12.5. The second kappa shape index (κ2) is 5.58. The maximum Gasteiger partial charge on any atom is 0.148 e. The first-order chi connectivity index (χ1) is 11.3. The molecular weight excluding hydrogens is 284 g/mol. The van der Waals surface area contributed by atoms with Gasteiger partial charge >= 0.3 is 0 Å². The highest BCUT2D eigenvalue weighted by molar-refractivity contribution is 6.04. The second-order valence-electron chi connectivity index (χ2n) is 5.49. The molecule has 3 aromatic rings. The third-order valence-electron chi connectivity index (χ3n) is 4.04. The Balaban J connectivity index is 1.64. The third-order valence-corrected chi connectivity index (χ3v) is 4.04. The van der Waals surface area contributed by atoms with E-state index in [0.717, 1.165) is 22.7 Å². The van der Waals surface area contributed by atoms with Crippen molar-refractivity contribution in [2.75, 3.05) is 17.2 Å². The molecular formula is C20H16N2O. The molecule has 1 aliphatic rings. The molecule has 0 bridgehead atoms. The van der Waals surface area contributed by atoms with Gasteiger partial charge in [0.05, 0.1) is 0 Å². The van der Waals surface area contributed by atoms with E-state index in [1.54, 1.807) is 0 Å². The molecule has 0 unspecified atom stereocenters. The van der Waals surface area contributed by atoms with E-state index in [-0.39, 0.29) is 12.8 Å². The number of ether oxygens (including phenoxy) is 1. The fraction of sp³-hybridized carbons (Fsp3) is 0.100. The number of terminal acetylenes is 1. The van der Waals surface area contributed by atoms with Crippen LogP contribution in [0.2, 0.25) is 0 Å². The van der Waals surface area contributed by atoms with Crippen molar-refractivity contribution in [3.05, 3.63) is 66.2 Å². The maximum atomic E-state index is 5.42. The molecule has 3 heteroatoms. The van der Waals surface area contributed by atoms with Crippen molar-refractivity contribution in [1.29, 1.82) is 0 Å². The summed E-state index contributed by atoms with van der Waals surface area (Å²) in [4.78, 5) is 0. The molecule has 0 atom stereocenters. The van der Waals surface area contributed by atoms with Crippen molar-refractivity contribution in [2.45, 2.75) is 6.17 Å². The molecule has 4 rings (SSSR count). The molecule has 3 nitrogen and oxygen atoms in total. The normalized spacial score (nSPS) is 13.0. The van der Waals surface area contributed by atoms with Crippen LogP contribution in [0.5, 0.6) is 5.75 Å². The largest absolute Gasteiger partial charge is 0.481 e. The molecule has 0 amide bonds. The van der Waals surface area contributed by atoms with Crippen molar-refractivity contribution >= 4 is 22.1 Å². The van der Waals surface area contributed by atoms with Crippen LogP contribution in [-0.2, 0) is 0 Å². The van der Waals surface area contributed by atoms with Crippen molar-refractivity contribution in [3.63, 3.8) is 0 Å². The van der Waals surface area contributed by atoms with E-state index in [4.69, 9.17) is 11.2 Å². The molecule has 1 heterocycles. The molecule has 112 valence electrons. The van der Waals surface area contributed by atoms with Gasteiger partial charge in [0.2, 0.25) is 0 Å². The summed E-state index contributed by atoms with van der Waals surface area (Å²) in [5.41, 5.74) is 3.44. The summed E-state index contributed by atoms with van der Waals surface area (Å²) in [6.07, 6.45) is 5.24. The lowest BCUT2D eigenvalue weighted by molar-refractivity contribution is 0.370. The minimum atomic E-state index is 0.0252. The predicted molar refractivity (Wildman–Crippen MR) is 94.7 cm³/mol. The fourth-order valence-electron chi connectivity index (χ4n) is 2.98. The number of hydrogen-bond acceptors (Lipinski definition) is 3. The van der Waals surface area contributed by atoms with Gasteiger partial charge in [-0.05, 0) is 35.2 Å².